The quantitative estimate of drug-likeness (QED) is 0.450. The Balaban J connectivity index is 3.76. The predicted molar refractivity (Wildman–Crippen MR) is 48.4 cm³/mol. The van der Waals surface area contributed by atoms with Crippen molar-refractivity contribution in [2.45, 2.75) is 26.7 Å². The Labute approximate surface area is 74.0 Å². The van der Waals surface area contributed by atoms with Crippen LogP contribution in [0.1, 0.15) is 26.7 Å². The third-order valence-electron chi connectivity index (χ3n) is 1.33. The maximum absolute atomic E-state index is 10.8. The van der Waals surface area contributed by atoms with Gasteiger partial charge in [-0.3, -0.25) is 0 Å². The Morgan fingerprint density at radius 3 is 2.25 bits per heavy atom. The molecule has 0 amide bonds. The van der Waals surface area contributed by atoms with Crippen LogP contribution in [-0.4, -0.2) is 24.1 Å². The highest BCUT2D eigenvalue weighted by Crippen LogP contribution is 1.96. The smallest absolute Gasteiger partial charge is 0.349 e. The molecule has 0 atom stereocenters. The summed E-state index contributed by atoms with van der Waals surface area (Å²) >= 11 is 0. The van der Waals surface area contributed by atoms with E-state index < -0.39 is 0 Å². The van der Waals surface area contributed by atoms with E-state index in [4.69, 9.17) is 4.84 Å². The SMILES string of the molecule is C=CC(=O)ON(CCC)CCC. The third kappa shape index (κ3) is 4.91. The minimum Gasteiger partial charge on any atom is -0.364 e. The van der Waals surface area contributed by atoms with Crippen LogP contribution in [0, 0.1) is 0 Å². The van der Waals surface area contributed by atoms with Crippen LogP contribution in [0.3, 0.4) is 0 Å². The van der Waals surface area contributed by atoms with E-state index in [0.29, 0.717) is 0 Å². The Hall–Kier alpha value is -0.830. The van der Waals surface area contributed by atoms with E-state index in [9.17, 15) is 4.79 Å². The molecule has 0 heterocycles. The summed E-state index contributed by atoms with van der Waals surface area (Å²) in [7, 11) is 0. The second kappa shape index (κ2) is 6.85. The molecule has 0 unspecified atom stereocenters. The molecule has 0 aromatic rings. The van der Waals surface area contributed by atoms with Crippen LogP contribution < -0.4 is 0 Å². The number of nitrogens with zero attached hydrogens (tertiary/aromatic N) is 1. The molecule has 0 radical (unpaired) electrons. The third-order valence-corrected chi connectivity index (χ3v) is 1.33. The van der Waals surface area contributed by atoms with Crippen LogP contribution in [0.5, 0.6) is 0 Å². The molecule has 0 saturated carbocycles. The fourth-order valence-corrected chi connectivity index (χ4v) is 0.866. The minimum atomic E-state index is -0.378. The molecule has 3 nitrogen and oxygen atoms in total. The van der Waals surface area contributed by atoms with Crippen molar-refractivity contribution in [2.75, 3.05) is 13.1 Å². The zero-order chi connectivity index (χ0) is 9.40. The number of rotatable bonds is 6. The van der Waals surface area contributed by atoms with Gasteiger partial charge in [0.25, 0.3) is 0 Å². The van der Waals surface area contributed by atoms with Crippen molar-refractivity contribution in [1.82, 2.24) is 5.06 Å². The minimum absolute atomic E-state index is 0.378. The number of hydroxylamine groups is 2. The van der Waals surface area contributed by atoms with Gasteiger partial charge in [-0.1, -0.05) is 20.4 Å². The molecule has 0 rings (SSSR count). The van der Waals surface area contributed by atoms with Crippen LogP contribution in [-0.2, 0) is 9.63 Å². The first-order valence-electron chi connectivity index (χ1n) is 4.33. The zero-order valence-corrected chi connectivity index (χ0v) is 7.88. The van der Waals surface area contributed by atoms with Gasteiger partial charge in [-0.15, -0.1) is 5.06 Å². The van der Waals surface area contributed by atoms with Crippen molar-refractivity contribution in [1.29, 1.82) is 0 Å². The van der Waals surface area contributed by atoms with Crippen LogP contribution >= 0.6 is 0 Å². The van der Waals surface area contributed by atoms with E-state index in [1.165, 1.54) is 6.08 Å². The number of carbonyl (C=O) groups is 1. The molecule has 0 aromatic carbocycles. The lowest BCUT2D eigenvalue weighted by Crippen LogP contribution is -2.28. The monoisotopic (exact) mass is 171 g/mol. The fraction of sp³-hybridized carbons (Fsp3) is 0.667. The molecule has 12 heavy (non-hydrogen) atoms. The van der Waals surface area contributed by atoms with Crippen molar-refractivity contribution >= 4 is 5.97 Å². The molecular weight excluding hydrogens is 154 g/mol. The Bertz CT molecular complexity index is 139. The lowest BCUT2D eigenvalue weighted by atomic mass is 10.4. The summed E-state index contributed by atoms with van der Waals surface area (Å²) in [5.74, 6) is -0.378. The molecule has 0 aromatic heterocycles. The summed E-state index contributed by atoms with van der Waals surface area (Å²) in [6, 6.07) is 0. The Kier molecular flexibility index (Phi) is 6.38. The van der Waals surface area contributed by atoms with E-state index in [-0.39, 0.29) is 5.97 Å². The molecule has 0 bridgehead atoms. The number of hydrogen-bond donors (Lipinski definition) is 0. The van der Waals surface area contributed by atoms with Crippen LogP contribution in [0.4, 0.5) is 0 Å². The lowest BCUT2D eigenvalue weighted by molar-refractivity contribution is -0.184. The normalized spacial score (nSPS) is 9.92. The second-order valence-corrected chi connectivity index (χ2v) is 2.54. The van der Waals surface area contributed by atoms with Crippen LogP contribution in [0.15, 0.2) is 12.7 Å². The van der Waals surface area contributed by atoms with Gasteiger partial charge in [-0.25, -0.2) is 4.79 Å². The van der Waals surface area contributed by atoms with E-state index in [1.54, 1.807) is 5.06 Å². The van der Waals surface area contributed by atoms with Gasteiger partial charge < -0.3 is 4.84 Å². The first-order chi connectivity index (χ1) is 5.74. The highest BCUT2D eigenvalue weighted by molar-refractivity contribution is 5.80. The maximum atomic E-state index is 10.8. The molecule has 0 N–H and O–H groups in total. The highest BCUT2D eigenvalue weighted by atomic mass is 16.7. The van der Waals surface area contributed by atoms with E-state index >= 15 is 0 Å². The zero-order valence-electron chi connectivity index (χ0n) is 7.88. The molecule has 70 valence electrons. The fourth-order valence-electron chi connectivity index (χ4n) is 0.866. The van der Waals surface area contributed by atoms with Gasteiger partial charge >= 0.3 is 5.97 Å². The molecular formula is C9H17NO2. The summed E-state index contributed by atoms with van der Waals surface area (Å²) in [6.07, 6.45) is 3.13. The standard InChI is InChI=1S/C9H17NO2/c1-4-7-10(8-5-2)12-9(11)6-3/h6H,3-5,7-8H2,1-2H3. The van der Waals surface area contributed by atoms with Crippen molar-refractivity contribution in [3.8, 4) is 0 Å². The number of carbonyl (C=O) groups excluding carboxylic acids is 1. The van der Waals surface area contributed by atoms with Gasteiger partial charge in [0.15, 0.2) is 0 Å². The molecule has 0 aliphatic carbocycles. The van der Waals surface area contributed by atoms with Gasteiger partial charge in [0.2, 0.25) is 0 Å². The predicted octanol–water partition coefficient (Wildman–Crippen LogP) is 1.75. The van der Waals surface area contributed by atoms with Crippen LogP contribution in [0.2, 0.25) is 0 Å². The van der Waals surface area contributed by atoms with Gasteiger partial charge in [0, 0.05) is 19.2 Å². The lowest BCUT2D eigenvalue weighted by Gasteiger charge is -2.18. The molecule has 0 spiro atoms. The summed E-state index contributed by atoms with van der Waals surface area (Å²) in [4.78, 5) is 15.7. The summed E-state index contributed by atoms with van der Waals surface area (Å²) in [5.41, 5.74) is 0. The molecule has 3 heteroatoms. The summed E-state index contributed by atoms with van der Waals surface area (Å²) in [5, 5.41) is 1.67. The second-order valence-electron chi connectivity index (χ2n) is 2.54. The summed E-state index contributed by atoms with van der Waals surface area (Å²) in [6.45, 7) is 9.00. The highest BCUT2D eigenvalue weighted by Gasteiger charge is 2.05. The van der Waals surface area contributed by atoms with Crippen molar-refractivity contribution in [3.05, 3.63) is 12.7 Å². The van der Waals surface area contributed by atoms with E-state index in [1.807, 2.05) is 13.8 Å². The van der Waals surface area contributed by atoms with E-state index in [2.05, 4.69) is 6.58 Å². The van der Waals surface area contributed by atoms with E-state index in [0.717, 1.165) is 25.9 Å². The van der Waals surface area contributed by atoms with Crippen molar-refractivity contribution < 1.29 is 9.63 Å². The first-order valence-corrected chi connectivity index (χ1v) is 4.33. The first kappa shape index (κ1) is 11.2. The number of hydrogen-bond acceptors (Lipinski definition) is 3. The van der Waals surface area contributed by atoms with Gasteiger partial charge in [-0.05, 0) is 12.8 Å². The average molecular weight is 171 g/mol. The van der Waals surface area contributed by atoms with Gasteiger partial charge in [-0.2, -0.15) is 0 Å². The van der Waals surface area contributed by atoms with Gasteiger partial charge in [0.05, 0.1) is 0 Å². The van der Waals surface area contributed by atoms with Crippen molar-refractivity contribution in [3.63, 3.8) is 0 Å². The van der Waals surface area contributed by atoms with Crippen molar-refractivity contribution in [2.24, 2.45) is 0 Å². The van der Waals surface area contributed by atoms with Gasteiger partial charge in [0.1, 0.15) is 0 Å². The molecule has 0 aliphatic heterocycles. The average Bonchev–Trinajstić information content (AvgIpc) is 2.05. The Morgan fingerprint density at radius 2 is 1.92 bits per heavy atom. The maximum Gasteiger partial charge on any atom is 0.349 e. The topological polar surface area (TPSA) is 29.5 Å². The molecule has 0 aliphatic rings. The molecule has 0 fully saturated rings. The van der Waals surface area contributed by atoms with Crippen LogP contribution in [0.25, 0.3) is 0 Å². The largest absolute Gasteiger partial charge is 0.364 e. The Morgan fingerprint density at radius 1 is 1.42 bits per heavy atom. The molecule has 0 saturated heterocycles. The summed E-state index contributed by atoms with van der Waals surface area (Å²) < 4.78 is 0.